The first kappa shape index (κ1) is 31.3. The van der Waals surface area contributed by atoms with Crippen LogP contribution in [0.1, 0.15) is 64.1 Å². The molecular weight excluding hydrogens is 576 g/mol. The van der Waals surface area contributed by atoms with E-state index in [4.69, 9.17) is 10.5 Å². The number of primary amides is 1. The monoisotopic (exact) mass is 616 g/mol. The summed E-state index contributed by atoms with van der Waals surface area (Å²) in [7, 11) is -1.30. The number of carbonyl (C=O) groups is 4. The van der Waals surface area contributed by atoms with Crippen molar-refractivity contribution >= 4 is 37.5 Å². The molecule has 2 N–H and O–H groups in total. The van der Waals surface area contributed by atoms with Gasteiger partial charge < -0.3 is 20.3 Å². The zero-order chi connectivity index (χ0) is 31.4. The molecule has 4 heterocycles. The van der Waals surface area contributed by atoms with Gasteiger partial charge in [0.25, 0.3) is 17.7 Å². The highest BCUT2D eigenvalue weighted by Gasteiger charge is 2.43. The first-order chi connectivity index (χ1) is 21.0. The standard InChI is InChI=1S/C32H40N6O5Si/c1-44(2,3)19-18-43-21-38-29(39)13-11-27(32(38)42)37-20-25-23(8-5-9-24(25)31(37)41)7-4-6-22-14-16-36(17-15-22)28-12-10-26(30(33)40)34-35-28/h5,8-10,12,22,27H,6,11,13-21H2,1-3H3,(H2,33,40). The Hall–Kier alpha value is -4.08. The highest BCUT2D eigenvalue weighted by molar-refractivity contribution is 6.76. The summed E-state index contributed by atoms with van der Waals surface area (Å²) in [4.78, 5) is 55.5. The summed E-state index contributed by atoms with van der Waals surface area (Å²) in [6.45, 7) is 9.10. The molecule has 0 spiro atoms. The van der Waals surface area contributed by atoms with Gasteiger partial charge in [-0.1, -0.05) is 37.5 Å². The molecule has 0 bridgehead atoms. The second-order valence-electron chi connectivity index (χ2n) is 12.9. The number of rotatable bonds is 9. The Bertz CT molecular complexity index is 1490. The molecule has 0 radical (unpaired) electrons. The Kier molecular flexibility index (Phi) is 9.46. The van der Waals surface area contributed by atoms with Crippen LogP contribution in [0.3, 0.4) is 0 Å². The molecule has 0 saturated carbocycles. The maximum absolute atomic E-state index is 13.4. The van der Waals surface area contributed by atoms with Crippen LogP contribution in [0.25, 0.3) is 0 Å². The molecule has 5 rings (SSSR count). The first-order valence-electron chi connectivity index (χ1n) is 15.2. The van der Waals surface area contributed by atoms with Crippen LogP contribution in [0.2, 0.25) is 25.7 Å². The van der Waals surface area contributed by atoms with Crippen LogP contribution in [-0.2, 0) is 20.9 Å². The number of aromatic nitrogens is 2. The number of hydrogen-bond acceptors (Lipinski definition) is 8. The van der Waals surface area contributed by atoms with Gasteiger partial charge in [-0.2, -0.15) is 0 Å². The largest absolute Gasteiger partial charge is 0.364 e. The Labute approximate surface area is 259 Å². The quantitative estimate of drug-likeness (QED) is 0.196. The van der Waals surface area contributed by atoms with Crippen LogP contribution in [0.5, 0.6) is 0 Å². The molecule has 4 amide bonds. The average Bonchev–Trinajstić information content (AvgIpc) is 3.33. The topological polar surface area (TPSA) is 139 Å². The van der Waals surface area contributed by atoms with Crippen molar-refractivity contribution in [1.82, 2.24) is 20.0 Å². The van der Waals surface area contributed by atoms with Crippen molar-refractivity contribution < 1.29 is 23.9 Å². The zero-order valence-corrected chi connectivity index (χ0v) is 26.7. The lowest BCUT2D eigenvalue weighted by molar-refractivity contribution is -0.158. The van der Waals surface area contributed by atoms with E-state index in [1.165, 1.54) is 4.90 Å². The van der Waals surface area contributed by atoms with Crippen LogP contribution >= 0.6 is 0 Å². The van der Waals surface area contributed by atoms with E-state index in [-0.39, 0.29) is 36.6 Å². The van der Waals surface area contributed by atoms with Crippen molar-refractivity contribution in [3.05, 3.63) is 52.7 Å². The second kappa shape index (κ2) is 13.3. The Morgan fingerprint density at radius 3 is 2.52 bits per heavy atom. The maximum Gasteiger partial charge on any atom is 0.269 e. The van der Waals surface area contributed by atoms with Crippen LogP contribution in [-0.4, -0.2) is 84.2 Å². The third-order valence-corrected chi connectivity index (χ3v) is 10.2. The number of hydrogen-bond donors (Lipinski definition) is 1. The van der Waals surface area contributed by atoms with Crippen molar-refractivity contribution in [2.75, 3.05) is 31.3 Å². The molecule has 1 aromatic heterocycles. The van der Waals surface area contributed by atoms with Gasteiger partial charge >= 0.3 is 0 Å². The number of carbonyl (C=O) groups excluding carboxylic acids is 4. The number of nitrogens with zero attached hydrogens (tertiary/aromatic N) is 5. The molecule has 0 aliphatic carbocycles. The van der Waals surface area contributed by atoms with Gasteiger partial charge in [-0.3, -0.25) is 24.1 Å². The van der Waals surface area contributed by atoms with E-state index in [1.54, 1.807) is 23.1 Å². The average molecular weight is 617 g/mol. The Morgan fingerprint density at radius 1 is 1.07 bits per heavy atom. The van der Waals surface area contributed by atoms with Gasteiger partial charge in [0.2, 0.25) is 5.91 Å². The second-order valence-corrected chi connectivity index (χ2v) is 18.5. The third-order valence-electron chi connectivity index (χ3n) is 8.53. The lowest BCUT2D eigenvalue weighted by Crippen LogP contribution is -2.55. The van der Waals surface area contributed by atoms with Crippen LogP contribution in [0.15, 0.2) is 30.3 Å². The number of imide groups is 1. The van der Waals surface area contributed by atoms with E-state index in [9.17, 15) is 19.2 Å². The van der Waals surface area contributed by atoms with Crippen molar-refractivity contribution in [3.8, 4) is 11.8 Å². The number of piperidine rings is 2. The molecule has 12 heteroatoms. The van der Waals surface area contributed by atoms with Crippen LogP contribution < -0.4 is 10.6 Å². The van der Waals surface area contributed by atoms with Gasteiger partial charge in [-0.05, 0) is 61.1 Å². The zero-order valence-electron chi connectivity index (χ0n) is 25.7. The molecule has 3 aliphatic rings. The fraction of sp³-hybridized carbons (Fsp3) is 0.500. The fourth-order valence-electron chi connectivity index (χ4n) is 5.79. The maximum atomic E-state index is 13.4. The van der Waals surface area contributed by atoms with Gasteiger partial charge in [-0.15, -0.1) is 10.2 Å². The summed E-state index contributed by atoms with van der Waals surface area (Å²) in [5.41, 5.74) is 7.60. The van der Waals surface area contributed by atoms with Crippen molar-refractivity contribution in [2.24, 2.45) is 11.7 Å². The number of ether oxygens (including phenoxy) is 1. The van der Waals surface area contributed by atoms with E-state index < -0.39 is 20.0 Å². The normalized spacial score (nSPS) is 19.2. The number of fused-ring (bicyclic) bond motifs is 1. The van der Waals surface area contributed by atoms with E-state index in [0.717, 1.165) is 55.3 Å². The van der Waals surface area contributed by atoms with Crippen molar-refractivity contribution in [3.63, 3.8) is 0 Å². The fourth-order valence-corrected chi connectivity index (χ4v) is 6.54. The summed E-state index contributed by atoms with van der Waals surface area (Å²) >= 11 is 0. The lowest BCUT2D eigenvalue weighted by Gasteiger charge is -2.35. The molecule has 1 atom stereocenters. The van der Waals surface area contributed by atoms with Gasteiger partial charge in [-0.25, -0.2) is 0 Å². The molecule has 2 fully saturated rings. The minimum absolute atomic E-state index is 0.0712. The summed E-state index contributed by atoms with van der Waals surface area (Å²) in [6, 6.07) is 9.15. The number of benzene rings is 1. The van der Waals surface area contributed by atoms with Crippen LogP contribution in [0, 0.1) is 17.8 Å². The third kappa shape index (κ3) is 7.17. The molecular formula is C32H40N6O5Si. The summed E-state index contributed by atoms with van der Waals surface area (Å²) in [6.07, 6.45) is 3.15. The van der Waals surface area contributed by atoms with Crippen molar-refractivity contribution in [2.45, 2.75) is 70.4 Å². The minimum atomic E-state index is -1.30. The van der Waals surface area contributed by atoms with Gasteiger partial charge in [0, 0.05) is 58.3 Å². The smallest absolute Gasteiger partial charge is 0.269 e. The Balaban J connectivity index is 1.17. The predicted octanol–water partition coefficient (Wildman–Crippen LogP) is 3.02. The minimum Gasteiger partial charge on any atom is -0.364 e. The predicted molar refractivity (Wildman–Crippen MR) is 167 cm³/mol. The molecule has 1 aromatic carbocycles. The van der Waals surface area contributed by atoms with Gasteiger partial charge in [0.05, 0.1) is 0 Å². The highest BCUT2D eigenvalue weighted by Crippen LogP contribution is 2.31. The number of anilines is 1. The summed E-state index contributed by atoms with van der Waals surface area (Å²) in [5, 5.41) is 8.04. The molecule has 2 aromatic rings. The summed E-state index contributed by atoms with van der Waals surface area (Å²) < 4.78 is 5.72. The first-order valence-corrected chi connectivity index (χ1v) is 18.9. The number of nitrogens with two attached hydrogens (primary N) is 1. The van der Waals surface area contributed by atoms with E-state index in [0.29, 0.717) is 31.1 Å². The molecule has 1 unspecified atom stereocenters. The Morgan fingerprint density at radius 2 is 1.84 bits per heavy atom. The van der Waals surface area contributed by atoms with Gasteiger partial charge in [0.1, 0.15) is 12.8 Å². The molecule has 44 heavy (non-hydrogen) atoms. The van der Waals surface area contributed by atoms with E-state index in [2.05, 4.69) is 46.6 Å². The molecule has 11 nitrogen and oxygen atoms in total. The number of likely N-dealkylation sites (tertiary alicyclic amines) is 1. The number of amides is 4. The van der Waals surface area contributed by atoms with Gasteiger partial charge in [0.15, 0.2) is 11.5 Å². The van der Waals surface area contributed by atoms with Crippen LogP contribution in [0.4, 0.5) is 5.82 Å². The molecule has 232 valence electrons. The van der Waals surface area contributed by atoms with Crippen molar-refractivity contribution in [1.29, 1.82) is 0 Å². The molecule has 2 saturated heterocycles. The SMILES string of the molecule is C[Si](C)(C)CCOCN1C(=O)CCC(N2Cc3c(C#CCC4CCN(c5ccc(C(N)=O)nn5)CC4)cccc3C2=O)C1=O. The highest BCUT2D eigenvalue weighted by atomic mass is 28.3. The molecule has 3 aliphatic heterocycles. The summed E-state index contributed by atoms with van der Waals surface area (Å²) in [5.74, 6) is 6.37. The lowest BCUT2D eigenvalue weighted by atomic mass is 9.93. The van der Waals surface area contributed by atoms with E-state index in [1.807, 2.05) is 12.1 Å². The van der Waals surface area contributed by atoms with E-state index >= 15 is 0 Å².